The molecule has 2 aromatic rings. The van der Waals surface area contributed by atoms with Crippen LogP contribution in [0.2, 0.25) is 0 Å². The van der Waals surface area contributed by atoms with Gasteiger partial charge in [0, 0.05) is 17.1 Å². The lowest BCUT2D eigenvalue weighted by Gasteiger charge is -2.20. The van der Waals surface area contributed by atoms with Gasteiger partial charge >= 0.3 is 0 Å². The summed E-state index contributed by atoms with van der Waals surface area (Å²) in [7, 11) is 0. The van der Waals surface area contributed by atoms with Crippen LogP contribution in [0.5, 0.6) is 5.75 Å². The van der Waals surface area contributed by atoms with Gasteiger partial charge in [-0.2, -0.15) is 15.1 Å². The second-order valence-corrected chi connectivity index (χ2v) is 6.75. The van der Waals surface area contributed by atoms with Crippen molar-refractivity contribution in [1.29, 1.82) is 5.41 Å². The van der Waals surface area contributed by atoms with Gasteiger partial charge in [0.2, 0.25) is 0 Å². The molecule has 0 aliphatic carbocycles. The van der Waals surface area contributed by atoms with E-state index in [4.69, 9.17) is 5.41 Å². The summed E-state index contributed by atoms with van der Waals surface area (Å²) in [6, 6.07) is 8.87. The van der Waals surface area contributed by atoms with E-state index in [2.05, 4.69) is 10.1 Å². The summed E-state index contributed by atoms with van der Waals surface area (Å²) in [5.41, 5.74) is 5.41. The van der Waals surface area contributed by atoms with E-state index in [9.17, 15) is 9.90 Å². The van der Waals surface area contributed by atoms with Gasteiger partial charge in [-0.05, 0) is 67.6 Å². The Labute approximate surface area is 153 Å². The first-order chi connectivity index (χ1) is 12.5. The summed E-state index contributed by atoms with van der Waals surface area (Å²) in [5.74, 6) is -0.207. The van der Waals surface area contributed by atoms with Crippen molar-refractivity contribution in [3.63, 3.8) is 0 Å². The molecule has 7 nitrogen and oxygen atoms in total. The number of hydrogen-bond acceptors (Lipinski definition) is 5. The van der Waals surface area contributed by atoms with Crippen LogP contribution in [0.25, 0.3) is 11.8 Å². The number of carbonyl (C=O) groups excluding carboxylic acids is 1. The topological polar surface area (TPSA) is 94.0 Å². The molecule has 0 spiro atoms. The molecule has 0 bridgehead atoms. The smallest absolute Gasteiger partial charge is 0.283 e. The highest BCUT2D eigenvalue weighted by Crippen LogP contribution is 2.28. The normalized spacial score (nSPS) is 17.8. The van der Waals surface area contributed by atoms with Crippen LogP contribution < -0.4 is 0 Å². The molecule has 0 unspecified atom stereocenters. The quantitative estimate of drug-likeness (QED) is 0.800. The molecule has 2 aliphatic heterocycles. The number of hydrazone groups is 1. The molecule has 0 atom stereocenters. The minimum atomic E-state index is -0.436. The molecule has 0 saturated heterocycles. The maximum atomic E-state index is 12.3. The Morgan fingerprint density at radius 3 is 2.69 bits per heavy atom. The van der Waals surface area contributed by atoms with Crippen LogP contribution in [-0.4, -0.2) is 37.1 Å². The van der Waals surface area contributed by atoms with E-state index >= 15 is 0 Å². The first kappa shape index (κ1) is 16.3. The Morgan fingerprint density at radius 2 is 1.96 bits per heavy atom. The molecule has 1 amide bonds. The fourth-order valence-corrected chi connectivity index (χ4v) is 3.63. The van der Waals surface area contributed by atoms with Gasteiger partial charge in [0.25, 0.3) is 5.91 Å². The van der Waals surface area contributed by atoms with Gasteiger partial charge in [-0.15, -0.1) is 0 Å². The molecule has 1 aromatic carbocycles. The fourth-order valence-electron chi connectivity index (χ4n) is 3.03. The van der Waals surface area contributed by atoms with E-state index in [1.54, 1.807) is 23.8 Å². The number of hydrogen-bond donors (Lipinski definition) is 2. The standard InChI is InChI=1S/C18H15N5O2S/c1-10-7-12(11(2)22(10)13-3-5-14(24)6-4-13)8-15-16(19)23-18(21-17(15)25)26-9-20-23/h3-9,19,24H,1-2H3. The van der Waals surface area contributed by atoms with E-state index < -0.39 is 5.91 Å². The number of aliphatic imine (C=N–C) groups is 1. The molecule has 1 aromatic heterocycles. The molecular formula is C18H15N5O2S. The Kier molecular flexibility index (Phi) is 3.77. The lowest BCUT2D eigenvalue weighted by Crippen LogP contribution is -2.35. The van der Waals surface area contributed by atoms with Crippen LogP contribution in [0.1, 0.15) is 17.0 Å². The number of amidine groups is 2. The Bertz CT molecular complexity index is 1030. The Hall–Kier alpha value is -3.13. The largest absolute Gasteiger partial charge is 0.508 e. The third-order valence-corrected chi connectivity index (χ3v) is 4.95. The number of phenols is 1. The van der Waals surface area contributed by atoms with E-state index in [0.717, 1.165) is 22.6 Å². The minimum absolute atomic E-state index is 0.0238. The molecule has 26 heavy (non-hydrogen) atoms. The van der Waals surface area contributed by atoms with Crippen molar-refractivity contribution in [3.8, 4) is 11.4 Å². The zero-order valence-electron chi connectivity index (χ0n) is 14.1. The average molecular weight is 365 g/mol. The molecule has 2 aliphatic rings. The van der Waals surface area contributed by atoms with Crippen LogP contribution in [0.4, 0.5) is 0 Å². The van der Waals surface area contributed by atoms with Crippen LogP contribution in [-0.2, 0) is 4.79 Å². The maximum Gasteiger partial charge on any atom is 0.283 e. The van der Waals surface area contributed by atoms with Crippen LogP contribution in [0, 0.1) is 19.3 Å². The predicted molar refractivity (Wildman–Crippen MR) is 103 cm³/mol. The summed E-state index contributed by atoms with van der Waals surface area (Å²) >= 11 is 1.22. The molecule has 2 N–H and O–H groups in total. The average Bonchev–Trinajstić information content (AvgIpc) is 3.17. The van der Waals surface area contributed by atoms with E-state index in [0.29, 0.717) is 5.17 Å². The van der Waals surface area contributed by atoms with Crippen molar-refractivity contribution in [2.75, 3.05) is 0 Å². The molecule has 0 radical (unpaired) electrons. The highest BCUT2D eigenvalue weighted by Gasteiger charge is 2.32. The van der Waals surface area contributed by atoms with Gasteiger partial charge in [0.1, 0.15) is 5.75 Å². The van der Waals surface area contributed by atoms with Crippen molar-refractivity contribution in [2.24, 2.45) is 10.1 Å². The Morgan fingerprint density at radius 1 is 1.23 bits per heavy atom. The summed E-state index contributed by atoms with van der Waals surface area (Å²) in [6.07, 6.45) is 1.68. The summed E-state index contributed by atoms with van der Waals surface area (Å²) in [6.45, 7) is 3.91. The first-order valence-electron chi connectivity index (χ1n) is 7.87. The third-order valence-electron chi connectivity index (χ3n) is 4.27. The van der Waals surface area contributed by atoms with Gasteiger partial charge < -0.3 is 9.67 Å². The lowest BCUT2D eigenvalue weighted by molar-refractivity contribution is -0.114. The van der Waals surface area contributed by atoms with Gasteiger partial charge in [0.05, 0.1) is 11.1 Å². The van der Waals surface area contributed by atoms with Crippen LogP contribution in [0.3, 0.4) is 0 Å². The summed E-state index contributed by atoms with van der Waals surface area (Å²) in [4.78, 5) is 16.3. The lowest BCUT2D eigenvalue weighted by atomic mass is 10.1. The Balaban J connectivity index is 1.78. The van der Waals surface area contributed by atoms with Crippen molar-refractivity contribution in [2.45, 2.75) is 13.8 Å². The van der Waals surface area contributed by atoms with E-state index in [1.807, 2.05) is 36.6 Å². The number of thioether (sulfide) groups is 1. The van der Waals surface area contributed by atoms with Crippen molar-refractivity contribution in [3.05, 3.63) is 52.9 Å². The van der Waals surface area contributed by atoms with Gasteiger partial charge in [-0.1, -0.05) is 0 Å². The fraction of sp³-hybridized carbons (Fsp3) is 0.111. The monoisotopic (exact) mass is 365 g/mol. The van der Waals surface area contributed by atoms with Gasteiger partial charge in [0.15, 0.2) is 11.0 Å². The maximum absolute atomic E-state index is 12.3. The number of nitrogens with zero attached hydrogens (tertiary/aromatic N) is 4. The molecule has 130 valence electrons. The van der Waals surface area contributed by atoms with Crippen molar-refractivity contribution in [1.82, 2.24) is 9.58 Å². The molecule has 0 saturated carbocycles. The van der Waals surface area contributed by atoms with Gasteiger partial charge in [-0.25, -0.2) is 0 Å². The number of aromatic nitrogens is 1. The predicted octanol–water partition coefficient (Wildman–Crippen LogP) is 3.05. The summed E-state index contributed by atoms with van der Waals surface area (Å²) in [5, 5.41) is 23.6. The third kappa shape index (κ3) is 2.55. The SMILES string of the molecule is Cc1cc(C=C2C(=N)N3N=CSC3=NC2=O)c(C)n1-c1ccc(O)cc1. The number of benzene rings is 1. The highest BCUT2D eigenvalue weighted by atomic mass is 32.2. The number of amides is 1. The number of carbonyl (C=O) groups is 1. The molecule has 8 heteroatoms. The molecule has 4 rings (SSSR count). The first-order valence-corrected chi connectivity index (χ1v) is 8.75. The number of rotatable bonds is 2. The number of phenolic OH excluding ortho intramolecular Hbond substituents is 1. The highest BCUT2D eigenvalue weighted by molar-refractivity contribution is 8.25. The van der Waals surface area contributed by atoms with Crippen molar-refractivity contribution < 1.29 is 9.90 Å². The summed E-state index contributed by atoms with van der Waals surface area (Å²) < 4.78 is 2.03. The van der Waals surface area contributed by atoms with E-state index in [1.165, 1.54) is 16.8 Å². The molecular weight excluding hydrogens is 350 g/mol. The second-order valence-electron chi connectivity index (χ2n) is 5.93. The van der Waals surface area contributed by atoms with Gasteiger partial charge in [-0.3, -0.25) is 10.2 Å². The molecule has 3 heterocycles. The number of nitrogens with one attached hydrogen (secondary N) is 1. The number of aryl methyl sites for hydroxylation is 1. The zero-order valence-corrected chi connectivity index (χ0v) is 14.9. The van der Waals surface area contributed by atoms with E-state index in [-0.39, 0.29) is 17.2 Å². The molecule has 0 fully saturated rings. The van der Waals surface area contributed by atoms with Crippen molar-refractivity contribution >= 4 is 40.3 Å². The number of aromatic hydroxyl groups is 1. The van der Waals surface area contributed by atoms with Crippen LogP contribution in [0.15, 0.2) is 46.0 Å². The minimum Gasteiger partial charge on any atom is -0.508 e. The van der Waals surface area contributed by atoms with Crippen LogP contribution >= 0.6 is 11.8 Å². The second kappa shape index (κ2) is 5.99. The zero-order chi connectivity index (χ0) is 18.4. The number of fused-ring (bicyclic) bond motifs is 1.